The number of ether oxygens (including phenoxy) is 4. The Bertz CT molecular complexity index is 1150. The Morgan fingerprint density at radius 2 is 2.15 bits per heavy atom. The lowest BCUT2D eigenvalue weighted by Crippen LogP contribution is -2.39. The van der Waals surface area contributed by atoms with E-state index in [-0.39, 0.29) is 37.8 Å². The van der Waals surface area contributed by atoms with Crippen LogP contribution in [0, 0.1) is 0 Å². The first-order chi connectivity index (χ1) is 16.1. The average molecular weight is 476 g/mol. The molecule has 3 heterocycles. The third-order valence-electron chi connectivity index (χ3n) is 5.12. The number of amides is 1. The number of aromatic amines is 1. The molecule has 10 nitrogen and oxygen atoms in total. The van der Waals surface area contributed by atoms with Crippen molar-refractivity contribution < 1.29 is 28.8 Å². The molecule has 0 bridgehead atoms. The molecule has 1 amide bonds. The van der Waals surface area contributed by atoms with Crippen LogP contribution in [0.3, 0.4) is 0 Å². The molecule has 3 aromatic rings. The zero-order chi connectivity index (χ0) is 23.2. The molecule has 1 aliphatic heterocycles. The first kappa shape index (κ1) is 23.3. The van der Waals surface area contributed by atoms with Gasteiger partial charge in [-0.15, -0.1) is 11.3 Å². The lowest BCUT2D eigenvalue weighted by molar-refractivity contribution is -0.162. The number of nitrogens with one attached hydrogen (secondary N) is 2. The number of aliphatic hydroxyl groups is 1. The average Bonchev–Trinajstić information content (AvgIpc) is 3.26. The van der Waals surface area contributed by atoms with Crippen molar-refractivity contribution in [3.8, 4) is 5.75 Å². The standard InChI is InChI=1S/C22H25N3O7S/c1-29-15-4-2-3-13(5-15)6-23-21(28)19-24-20(27)18-14(12-33-22(18)25-19)8-30-9-17-11-31-16(7-26)10-32-17/h2-5,12,16-17,26H,6-11H2,1H3,(H,23,28)(H,24,25,27)/t16-,17+/m1/s1. The summed E-state index contributed by atoms with van der Waals surface area (Å²) in [5.74, 6) is 0.175. The molecule has 1 fully saturated rings. The maximum absolute atomic E-state index is 12.7. The quantitative estimate of drug-likeness (QED) is 0.421. The fourth-order valence-corrected chi connectivity index (χ4v) is 4.28. The minimum atomic E-state index is -0.473. The van der Waals surface area contributed by atoms with E-state index in [1.807, 2.05) is 24.3 Å². The van der Waals surface area contributed by atoms with Crippen molar-refractivity contribution in [3.05, 3.63) is 57.0 Å². The van der Waals surface area contributed by atoms with E-state index < -0.39 is 11.5 Å². The van der Waals surface area contributed by atoms with Gasteiger partial charge in [0, 0.05) is 12.1 Å². The number of aromatic nitrogens is 2. The third kappa shape index (κ3) is 5.75. The molecule has 33 heavy (non-hydrogen) atoms. The van der Waals surface area contributed by atoms with Crippen molar-refractivity contribution in [2.45, 2.75) is 25.4 Å². The predicted molar refractivity (Wildman–Crippen MR) is 121 cm³/mol. The second-order valence-electron chi connectivity index (χ2n) is 7.50. The van der Waals surface area contributed by atoms with Crippen LogP contribution >= 0.6 is 11.3 Å². The fraction of sp³-hybridized carbons (Fsp3) is 0.409. The summed E-state index contributed by atoms with van der Waals surface area (Å²) in [6.45, 7) is 1.35. The van der Waals surface area contributed by atoms with Crippen molar-refractivity contribution >= 4 is 27.5 Å². The summed E-state index contributed by atoms with van der Waals surface area (Å²) in [5, 5.41) is 14.0. The number of carbonyl (C=O) groups excluding carboxylic acids is 1. The van der Waals surface area contributed by atoms with Gasteiger partial charge >= 0.3 is 0 Å². The number of rotatable bonds is 9. The zero-order valence-corrected chi connectivity index (χ0v) is 18.9. The van der Waals surface area contributed by atoms with E-state index in [2.05, 4.69) is 15.3 Å². The van der Waals surface area contributed by atoms with Gasteiger partial charge in [0.1, 0.15) is 22.8 Å². The Hall–Kier alpha value is -2.83. The molecule has 0 spiro atoms. The molecule has 0 aliphatic carbocycles. The molecular formula is C22H25N3O7S. The highest BCUT2D eigenvalue weighted by atomic mass is 32.1. The van der Waals surface area contributed by atoms with Crippen LogP contribution in [0.5, 0.6) is 5.75 Å². The monoisotopic (exact) mass is 475 g/mol. The van der Waals surface area contributed by atoms with E-state index in [9.17, 15) is 9.59 Å². The lowest BCUT2D eigenvalue weighted by atomic mass is 10.2. The minimum Gasteiger partial charge on any atom is -0.497 e. The number of nitrogens with zero attached hydrogens (tertiary/aromatic N) is 1. The van der Waals surface area contributed by atoms with Gasteiger partial charge in [-0.3, -0.25) is 9.59 Å². The van der Waals surface area contributed by atoms with Gasteiger partial charge in [0.15, 0.2) is 0 Å². The van der Waals surface area contributed by atoms with Gasteiger partial charge in [-0.05, 0) is 23.1 Å². The van der Waals surface area contributed by atoms with E-state index in [0.29, 0.717) is 41.4 Å². The maximum Gasteiger partial charge on any atom is 0.287 e. The molecule has 0 unspecified atom stereocenters. The Labute approximate surface area is 193 Å². The minimum absolute atomic E-state index is 0.0455. The summed E-state index contributed by atoms with van der Waals surface area (Å²) in [6.07, 6.45) is -0.525. The van der Waals surface area contributed by atoms with Crippen LogP contribution in [-0.2, 0) is 27.4 Å². The predicted octanol–water partition coefficient (Wildman–Crippen LogP) is 1.22. The van der Waals surface area contributed by atoms with Crippen LogP contribution in [0.4, 0.5) is 0 Å². The van der Waals surface area contributed by atoms with E-state index in [4.69, 9.17) is 24.1 Å². The zero-order valence-electron chi connectivity index (χ0n) is 18.0. The number of thiophene rings is 1. The molecule has 11 heteroatoms. The molecule has 3 N–H and O–H groups in total. The van der Waals surface area contributed by atoms with Gasteiger partial charge in [-0.1, -0.05) is 12.1 Å². The van der Waals surface area contributed by atoms with Gasteiger partial charge in [-0.25, -0.2) is 4.98 Å². The van der Waals surface area contributed by atoms with Crippen molar-refractivity contribution in [1.29, 1.82) is 0 Å². The number of fused-ring (bicyclic) bond motifs is 1. The van der Waals surface area contributed by atoms with Crippen molar-refractivity contribution in [3.63, 3.8) is 0 Å². The molecule has 0 radical (unpaired) electrons. The number of carbonyl (C=O) groups is 1. The van der Waals surface area contributed by atoms with Gasteiger partial charge in [0.2, 0.25) is 5.82 Å². The SMILES string of the molecule is COc1cccc(CNC(=O)c2nc3scc(COC[C@H]4CO[C@H](CO)CO4)c3c(=O)[nH]2)c1. The summed E-state index contributed by atoms with van der Waals surface area (Å²) < 4.78 is 21.9. The molecule has 1 aliphatic rings. The van der Waals surface area contributed by atoms with Gasteiger partial charge in [0.05, 0.1) is 45.5 Å². The molecule has 2 aromatic heterocycles. The van der Waals surface area contributed by atoms with Crippen molar-refractivity contribution in [1.82, 2.24) is 15.3 Å². The highest BCUT2D eigenvalue weighted by molar-refractivity contribution is 7.16. The number of aliphatic hydroxyl groups excluding tert-OH is 1. The summed E-state index contributed by atoms with van der Waals surface area (Å²) >= 11 is 1.28. The summed E-state index contributed by atoms with van der Waals surface area (Å²) in [6, 6.07) is 7.34. The number of benzene rings is 1. The van der Waals surface area contributed by atoms with Gasteiger partial charge < -0.3 is 34.4 Å². The molecule has 1 aromatic carbocycles. The highest BCUT2D eigenvalue weighted by Gasteiger charge is 2.22. The number of hydrogen-bond donors (Lipinski definition) is 3. The summed E-state index contributed by atoms with van der Waals surface area (Å²) in [4.78, 5) is 32.6. The highest BCUT2D eigenvalue weighted by Crippen LogP contribution is 2.22. The van der Waals surface area contributed by atoms with Crippen LogP contribution in [0.25, 0.3) is 10.2 Å². The van der Waals surface area contributed by atoms with Crippen LogP contribution < -0.4 is 15.6 Å². The second-order valence-corrected chi connectivity index (χ2v) is 8.36. The van der Waals surface area contributed by atoms with Gasteiger partial charge in [0.25, 0.3) is 11.5 Å². The molecule has 2 atom stereocenters. The first-order valence-electron chi connectivity index (χ1n) is 10.4. The van der Waals surface area contributed by atoms with Crippen molar-refractivity contribution in [2.24, 2.45) is 0 Å². The van der Waals surface area contributed by atoms with E-state index in [1.165, 1.54) is 11.3 Å². The Kier molecular flexibility index (Phi) is 7.68. The molecule has 176 valence electrons. The van der Waals surface area contributed by atoms with E-state index >= 15 is 0 Å². The van der Waals surface area contributed by atoms with Gasteiger partial charge in [-0.2, -0.15) is 0 Å². The largest absolute Gasteiger partial charge is 0.497 e. The molecule has 4 rings (SSSR count). The second kappa shape index (κ2) is 10.9. The smallest absolute Gasteiger partial charge is 0.287 e. The molecule has 1 saturated heterocycles. The van der Waals surface area contributed by atoms with Crippen LogP contribution in [0.2, 0.25) is 0 Å². The third-order valence-corrected chi connectivity index (χ3v) is 6.04. The Morgan fingerprint density at radius 3 is 2.91 bits per heavy atom. The van der Waals surface area contributed by atoms with E-state index in [0.717, 1.165) is 5.56 Å². The van der Waals surface area contributed by atoms with Crippen molar-refractivity contribution in [2.75, 3.05) is 33.5 Å². The van der Waals surface area contributed by atoms with Crippen LogP contribution in [0.1, 0.15) is 21.7 Å². The number of hydrogen-bond acceptors (Lipinski definition) is 9. The topological polar surface area (TPSA) is 132 Å². The normalized spacial score (nSPS) is 18.4. The first-order valence-corrected chi connectivity index (χ1v) is 11.3. The fourth-order valence-electron chi connectivity index (χ4n) is 3.35. The molecule has 0 saturated carbocycles. The summed E-state index contributed by atoms with van der Waals surface area (Å²) in [5.41, 5.74) is 1.16. The molecular weight excluding hydrogens is 450 g/mol. The van der Waals surface area contributed by atoms with Crippen LogP contribution in [0.15, 0.2) is 34.4 Å². The number of methoxy groups -OCH3 is 1. The van der Waals surface area contributed by atoms with E-state index in [1.54, 1.807) is 12.5 Å². The Balaban J connectivity index is 1.36. The maximum atomic E-state index is 12.7. The Morgan fingerprint density at radius 1 is 1.33 bits per heavy atom. The lowest BCUT2D eigenvalue weighted by Gasteiger charge is -2.28. The summed E-state index contributed by atoms with van der Waals surface area (Å²) in [7, 11) is 1.58. The number of H-pyrrole nitrogens is 1. The van der Waals surface area contributed by atoms with Crippen LogP contribution in [-0.4, -0.2) is 66.7 Å².